The van der Waals surface area contributed by atoms with E-state index in [4.69, 9.17) is 9.26 Å². The van der Waals surface area contributed by atoms with Crippen molar-refractivity contribution in [2.75, 3.05) is 11.9 Å². The van der Waals surface area contributed by atoms with Crippen LogP contribution >= 0.6 is 11.3 Å². The van der Waals surface area contributed by atoms with Gasteiger partial charge >= 0.3 is 5.69 Å². The van der Waals surface area contributed by atoms with Gasteiger partial charge in [-0.05, 0) is 54.4 Å². The largest absolute Gasteiger partial charge is 0.457 e. The molecule has 2 N–H and O–H groups in total. The van der Waals surface area contributed by atoms with Crippen molar-refractivity contribution in [3.05, 3.63) is 75.9 Å². The molecular formula is C30H30N8O4S. The summed E-state index contributed by atoms with van der Waals surface area (Å²) in [4.78, 5) is 33.7. The van der Waals surface area contributed by atoms with Gasteiger partial charge in [0.05, 0.1) is 12.6 Å². The molecule has 7 rings (SSSR count). The molecule has 0 bridgehead atoms. The normalized spacial score (nSPS) is 16.8. The summed E-state index contributed by atoms with van der Waals surface area (Å²) in [6.45, 7) is 5.15. The van der Waals surface area contributed by atoms with Crippen molar-refractivity contribution in [2.24, 2.45) is 0 Å². The minimum atomic E-state index is -0.213. The number of carbonyl (C=O) groups excluding carboxylic acids is 1. The van der Waals surface area contributed by atoms with Crippen LogP contribution in [-0.4, -0.2) is 59.3 Å². The highest BCUT2D eigenvalue weighted by atomic mass is 32.1. The zero-order chi connectivity index (χ0) is 29.5. The Morgan fingerprint density at radius 1 is 1.12 bits per heavy atom. The Bertz CT molecular complexity index is 1820. The smallest absolute Gasteiger partial charge is 0.325 e. The quantitative estimate of drug-likeness (QED) is 0.230. The highest BCUT2D eigenvalue weighted by molar-refractivity contribution is 7.14. The highest BCUT2D eigenvalue weighted by Gasteiger charge is 2.39. The molecule has 1 aliphatic heterocycles. The lowest BCUT2D eigenvalue weighted by Gasteiger charge is -2.15. The fourth-order valence-corrected chi connectivity index (χ4v) is 5.95. The van der Waals surface area contributed by atoms with Crippen LogP contribution in [0.15, 0.2) is 64.2 Å². The van der Waals surface area contributed by atoms with E-state index in [1.54, 1.807) is 28.3 Å². The van der Waals surface area contributed by atoms with E-state index in [-0.39, 0.29) is 17.6 Å². The summed E-state index contributed by atoms with van der Waals surface area (Å²) in [6.07, 6.45) is 5.87. The number of hydrogen-bond donors (Lipinski definition) is 2. The van der Waals surface area contributed by atoms with Gasteiger partial charge in [0.15, 0.2) is 0 Å². The molecule has 0 spiro atoms. The van der Waals surface area contributed by atoms with Gasteiger partial charge in [0.2, 0.25) is 5.91 Å². The third-order valence-electron chi connectivity index (χ3n) is 7.55. The number of amides is 1. The second-order valence-corrected chi connectivity index (χ2v) is 12.2. The number of benzene rings is 2. The van der Waals surface area contributed by atoms with E-state index in [2.05, 4.69) is 44.5 Å². The summed E-state index contributed by atoms with van der Waals surface area (Å²) in [5.41, 5.74) is 2.20. The number of nitrogens with one attached hydrogen (secondary N) is 2. The first-order valence-corrected chi connectivity index (χ1v) is 15.1. The van der Waals surface area contributed by atoms with Crippen LogP contribution in [0, 0.1) is 0 Å². The van der Waals surface area contributed by atoms with E-state index in [0.717, 1.165) is 34.0 Å². The Kier molecular flexibility index (Phi) is 7.01. The molecule has 1 saturated carbocycles. The van der Waals surface area contributed by atoms with E-state index in [1.165, 1.54) is 0 Å². The fraction of sp³-hybridized carbons (Fsp3) is 0.333. The van der Waals surface area contributed by atoms with E-state index in [1.807, 2.05) is 47.4 Å². The van der Waals surface area contributed by atoms with Crippen LogP contribution in [0.3, 0.4) is 0 Å². The molecule has 1 atom stereocenters. The van der Waals surface area contributed by atoms with Crippen molar-refractivity contribution in [1.82, 2.24) is 34.8 Å². The topological polar surface area (TPSA) is 144 Å². The average Bonchev–Trinajstić information content (AvgIpc) is 3.34. The van der Waals surface area contributed by atoms with Crippen molar-refractivity contribution in [2.45, 2.75) is 57.7 Å². The summed E-state index contributed by atoms with van der Waals surface area (Å²) in [5.74, 6) is 2.31. The maximum atomic E-state index is 12.3. The van der Waals surface area contributed by atoms with Crippen molar-refractivity contribution >= 4 is 23.2 Å². The van der Waals surface area contributed by atoms with E-state index in [9.17, 15) is 9.59 Å². The zero-order valence-corrected chi connectivity index (χ0v) is 24.5. The summed E-state index contributed by atoms with van der Waals surface area (Å²) >= 11 is 1.58. The average molecular weight is 599 g/mol. The third-order valence-corrected chi connectivity index (χ3v) is 8.82. The molecule has 43 heavy (non-hydrogen) atoms. The van der Waals surface area contributed by atoms with Gasteiger partial charge in [0.25, 0.3) is 11.8 Å². The fourth-order valence-electron chi connectivity index (χ4n) is 5.10. The first-order chi connectivity index (χ1) is 20.9. The number of hydrogen-bond acceptors (Lipinski definition) is 10. The molecule has 1 amide bonds. The predicted molar refractivity (Wildman–Crippen MR) is 160 cm³/mol. The zero-order valence-electron chi connectivity index (χ0n) is 23.7. The maximum Gasteiger partial charge on any atom is 0.325 e. The second-order valence-electron chi connectivity index (χ2n) is 11.2. The van der Waals surface area contributed by atoms with Gasteiger partial charge in [-0.2, -0.15) is 4.98 Å². The lowest BCUT2D eigenvalue weighted by Crippen LogP contribution is -2.29. The van der Waals surface area contributed by atoms with Crippen LogP contribution in [0.4, 0.5) is 5.95 Å². The lowest BCUT2D eigenvalue weighted by molar-refractivity contribution is -0.128. The molecule has 3 aromatic heterocycles. The maximum absolute atomic E-state index is 12.3. The number of ether oxygens (including phenoxy) is 1. The van der Waals surface area contributed by atoms with Gasteiger partial charge in [-0.15, -0.1) is 10.2 Å². The summed E-state index contributed by atoms with van der Waals surface area (Å²) in [7, 11) is 0. The highest BCUT2D eigenvalue weighted by Crippen LogP contribution is 2.34. The molecule has 1 saturated heterocycles. The van der Waals surface area contributed by atoms with Crippen LogP contribution < -0.4 is 15.7 Å². The van der Waals surface area contributed by atoms with Crippen molar-refractivity contribution in [3.8, 4) is 33.5 Å². The minimum Gasteiger partial charge on any atom is -0.457 e. The first-order valence-electron chi connectivity index (χ1n) is 14.3. The van der Waals surface area contributed by atoms with Gasteiger partial charge in [0.1, 0.15) is 21.5 Å². The summed E-state index contributed by atoms with van der Waals surface area (Å²) in [6, 6.07) is 13.6. The first kappa shape index (κ1) is 27.1. The Balaban J connectivity index is 1.12. The number of nitrogens with zero attached hydrogens (tertiary/aromatic N) is 6. The van der Waals surface area contributed by atoms with E-state index >= 15 is 0 Å². The third kappa shape index (κ3) is 5.80. The lowest BCUT2D eigenvalue weighted by atomic mass is 10.1. The van der Waals surface area contributed by atoms with Crippen LogP contribution in [-0.2, 0) is 11.3 Å². The monoisotopic (exact) mass is 598 g/mol. The molecule has 5 aromatic rings. The molecule has 13 heteroatoms. The number of anilines is 1. The number of aromatic nitrogens is 6. The number of H-pyrrole nitrogens is 1. The van der Waals surface area contributed by atoms with Crippen molar-refractivity contribution in [3.63, 3.8) is 0 Å². The molecule has 2 aliphatic rings. The molecular weight excluding hydrogens is 568 g/mol. The molecule has 12 nitrogen and oxygen atoms in total. The SMILES string of the molecule is CC(C)c1nnc(-c2ccc(Oc3cc(-c4nc(NC5CC(=O)N(C6CC6)C5)no4)ccc3Cn3cc[nH]c3=O)cc2)s1. The summed E-state index contributed by atoms with van der Waals surface area (Å²) in [5, 5.41) is 17.8. The minimum absolute atomic E-state index is 0.0559. The van der Waals surface area contributed by atoms with Gasteiger partial charge in [-0.1, -0.05) is 31.3 Å². The Morgan fingerprint density at radius 2 is 1.93 bits per heavy atom. The van der Waals surface area contributed by atoms with Crippen molar-refractivity contribution < 1.29 is 14.1 Å². The Hall–Kier alpha value is -4.78. The number of rotatable bonds is 10. The molecule has 2 fully saturated rings. The number of imidazole rings is 1. The number of likely N-dealkylation sites (tertiary alicyclic amines) is 1. The number of carbonyl (C=O) groups is 1. The molecule has 1 unspecified atom stereocenters. The molecule has 0 radical (unpaired) electrons. The van der Waals surface area contributed by atoms with E-state index in [0.29, 0.717) is 60.4 Å². The van der Waals surface area contributed by atoms with Crippen LogP contribution in [0.25, 0.3) is 22.0 Å². The standard InChI is InChI=1S/C30H30N8O4S/c1-17(2)27-34-35-28(43-27)18-5-9-23(10-6-18)41-24-13-19(3-4-20(24)15-37-12-11-31-30(37)40)26-33-29(36-42-26)32-21-14-25(39)38(16-21)22-7-8-22/h3-6,9-13,17,21-22H,7-8,14-16H2,1-2H3,(H,31,40)(H,32,36). The molecule has 2 aromatic carbocycles. The molecule has 4 heterocycles. The number of aromatic amines is 1. The van der Waals surface area contributed by atoms with Crippen LogP contribution in [0.1, 0.15) is 49.6 Å². The van der Waals surface area contributed by atoms with E-state index < -0.39 is 0 Å². The predicted octanol–water partition coefficient (Wildman–Crippen LogP) is 4.88. The van der Waals surface area contributed by atoms with Crippen LogP contribution in [0.5, 0.6) is 11.5 Å². The molecule has 220 valence electrons. The Morgan fingerprint density at radius 3 is 2.65 bits per heavy atom. The van der Waals surface area contributed by atoms with Gasteiger partial charge in [-0.25, -0.2) is 4.79 Å². The van der Waals surface area contributed by atoms with Crippen molar-refractivity contribution in [1.29, 1.82) is 0 Å². The van der Waals surface area contributed by atoms with Gasteiger partial charge in [-0.3, -0.25) is 9.36 Å². The summed E-state index contributed by atoms with van der Waals surface area (Å²) < 4.78 is 13.5. The van der Waals surface area contributed by atoms with Crippen LogP contribution in [0.2, 0.25) is 0 Å². The Labute approximate surface area is 250 Å². The second kappa shape index (κ2) is 11.1. The molecule has 1 aliphatic carbocycles. The van der Waals surface area contributed by atoms with Gasteiger partial charge in [0, 0.05) is 54.0 Å². The van der Waals surface area contributed by atoms with Gasteiger partial charge < -0.3 is 24.5 Å².